The van der Waals surface area contributed by atoms with E-state index >= 15 is 0 Å². The molecule has 0 aliphatic carbocycles. The van der Waals surface area contributed by atoms with Crippen molar-refractivity contribution in [1.29, 1.82) is 0 Å². The van der Waals surface area contributed by atoms with Crippen molar-refractivity contribution in [3.63, 3.8) is 0 Å². The molecular weight excluding hydrogens is 527 g/mol. The molecule has 0 aromatic heterocycles. The van der Waals surface area contributed by atoms with Crippen molar-refractivity contribution >= 4 is 24.1 Å². The van der Waals surface area contributed by atoms with E-state index in [1.807, 2.05) is 0 Å². The molecule has 0 unspecified atom stereocenters. The standard InChI is InChI=1S/C14H12N2O5.2C2H4O2.La/c17-10-4-2-1-3-8(10)7-15-16-14(21)9-5-11(18)13(20)12(19)6-9;2*1-2(3)4;/h1-7,17-20H,(H,16,21);2*1H3,(H,3,4);/q;;;+3/p-3/b15-7+;;;. The van der Waals surface area contributed by atoms with Gasteiger partial charge in [0, 0.05) is 23.1 Å². The summed E-state index contributed by atoms with van der Waals surface area (Å²) in [6, 6.07) is 8.23. The molecule has 2 aromatic rings. The number of carboxylic acids is 2. The monoisotopic (exact) mass is 544 g/mol. The van der Waals surface area contributed by atoms with Crippen LogP contribution < -0.4 is 20.7 Å². The Morgan fingerprint density at radius 3 is 1.80 bits per heavy atom. The number of benzene rings is 2. The Balaban J connectivity index is 0. The quantitative estimate of drug-likeness (QED) is 0.253. The Morgan fingerprint density at radius 1 is 0.933 bits per heavy atom. The fraction of sp³-hybridized carbons (Fsp3) is 0.111. The predicted octanol–water partition coefficient (Wildman–Crippen LogP) is -1.85. The van der Waals surface area contributed by atoms with Crippen LogP contribution in [0.15, 0.2) is 41.5 Å². The normalized spacial score (nSPS) is 9.13. The second kappa shape index (κ2) is 14.8. The van der Waals surface area contributed by atoms with Gasteiger partial charge in [-0.25, -0.2) is 5.43 Å². The van der Waals surface area contributed by atoms with E-state index in [4.69, 9.17) is 19.8 Å². The van der Waals surface area contributed by atoms with Crippen molar-refractivity contribution < 1.29 is 80.6 Å². The molecule has 0 radical (unpaired) electrons. The van der Waals surface area contributed by atoms with Gasteiger partial charge in [0.1, 0.15) is 17.2 Å². The van der Waals surface area contributed by atoms with E-state index in [-0.39, 0.29) is 46.9 Å². The topological polar surface area (TPSA) is 205 Å². The summed E-state index contributed by atoms with van der Waals surface area (Å²) in [5, 5.41) is 60.5. The second-order valence-corrected chi connectivity index (χ2v) is 5.08. The number of amides is 1. The molecule has 2 rings (SSSR count). The summed E-state index contributed by atoms with van der Waals surface area (Å²) in [5.41, 5.74) is 2.42. The largest absolute Gasteiger partial charge is 3.00 e. The summed E-state index contributed by atoms with van der Waals surface area (Å²) < 4.78 is 0. The van der Waals surface area contributed by atoms with Gasteiger partial charge >= 0.3 is 35.6 Å². The van der Waals surface area contributed by atoms with Crippen molar-refractivity contribution in [1.82, 2.24) is 5.43 Å². The minimum atomic E-state index is -1.08. The van der Waals surface area contributed by atoms with Crippen molar-refractivity contribution in [3.05, 3.63) is 47.5 Å². The minimum Gasteiger partial charge on any atom is -0.867 e. The van der Waals surface area contributed by atoms with Gasteiger partial charge in [-0.05, 0) is 43.9 Å². The fourth-order valence-electron chi connectivity index (χ4n) is 1.55. The third-order valence-electron chi connectivity index (χ3n) is 2.62. The average Bonchev–Trinajstić information content (AvgIpc) is 2.59. The van der Waals surface area contributed by atoms with Crippen LogP contribution in [0.4, 0.5) is 0 Å². The molecule has 0 bridgehead atoms. The Labute approximate surface area is 198 Å². The van der Waals surface area contributed by atoms with Crippen molar-refractivity contribution in [2.75, 3.05) is 0 Å². The third-order valence-corrected chi connectivity index (χ3v) is 2.62. The van der Waals surface area contributed by atoms with Crippen molar-refractivity contribution in [2.45, 2.75) is 13.8 Å². The number of hydrazone groups is 1. The number of nitrogens with zero attached hydrogens (tertiary/aromatic N) is 1. The Bertz CT molecular complexity index is 858. The van der Waals surface area contributed by atoms with Crippen LogP contribution in [0.25, 0.3) is 0 Å². The zero-order valence-corrected chi connectivity index (χ0v) is 19.5. The summed E-state index contributed by atoms with van der Waals surface area (Å²) in [4.78, 5) is 29.5. The molecule has 0 fully saturated rings. The van der Waals surface area contributed by atoms with E-state index in [1.54, 1.807) is 18.2 Å². The first-order chi connectivity index (χ1) is 13.5. The number of para-hydroxylation sites is 1. The van der Waals surface area contributed by atoms with E-state index in [0.29, 0.717) is 5.56 Å². The van der Waals surface area contributed by atoms with Crippen LogP contribution in [-0.2, 0) is 9.59 Å². The van der Waals surface area contributed by atoms with Crippen LogP contribution in [0.5, 0.6) is 23.0 Å². The maximum atomic E-state index is 11.7. The SMILES string of the molecule is CC(=O)[O-].CC(=O)[O-].O=C(N/N=C/c1ccccc1O)c1cc(O)c([O-])c(O)c1.[La+3]. The number of carbonyl (C=O) groups excluding carboxylic acids is 3. The van der Waals surface area contributed by atoms with E-state index in [1.165, 1.54) is 12.3 Å². The molecule has 0 aliphatic rings. The van der Waals surface area contributed by atoms with E-state index in [0.717, 1.165) is 26.0 Å². The van der Waals surface area contributed by atoms with Crippen LogP contribution in [0, 0.1) is 35.6 Å². The van der Waals surface area contributed by atoms with Gasteiger partial charge in [-0.15, -0.1) is 0 Å². The smallest absolute Gasteiger partial charge is 0.867 e. The van der Waals surface area contributed by atoms with Crippen LogP contribution in [0.2, 0.25) is 0 Å². The molecular formula is C18H17LaN2O9. The number of hydrogen-bond donors (Lipinski definition) is 4. The number of hydrogen-bond acceptors (Lipinski definition) is 10. The molecule has 30 heavy (non-hydrogen) atoms. The summed E-state index contributed by atoms with van der Waals surface area (Å²) in [5.74, 6) is -5.31. The number of phenolic OH excluding ortho intramolecular Hbond substituents is 3. The van der Waals surface area contributed by atoms with Gasteiger partial charge in [0.15, 0.2) is 0 Å². The number of nitrogens with one attached hydrogen (secondary N) is 1. The number of phenols is 3. The summed E-state index contributed by atoms with van der Waals surface area (Å²) in [7, 11) is 0. The van der Waals surface area contributed by atoms with E-state index in [9.17, 15) is 25.2 Å². The van der Waals surface area contributed by atoms with Gasteiger partial charge in [-0.3, -0.25) is 4.79 Å². The van der Waals surface area contributed by atoms with E-state index < -0.39 is 35.1 Å². The molecule has 11 nitrogen and oxygen atoms in total. The van der Waals surface area contributed by atoms with Crippen LogP contribution in [-0.4, -0.2) is 39.4 Å². The summed E-state index contributed by atoms with van der Waals surface area (Å²) in [6.07, 6.45) is 1.23. The van der Waals surface area contributed by atoms with Gasteiger partial charge < -0.3 is 40.2 Å². The molecule has 0 atom stereocenters. The molecule has 156 valence electrons. The van der Waals surface area contributed by atoms with Crippen LogP contribution in [0.1, 0.15) is 29.8 Å². The molecule has 1 amide bonds. The second-order valence-electron chi connectivity index (χ2n) is 5.08. The summed E-state index contributed by atoms with van der Waals surface area (Å²) >= 11 is 0. The minimum absolute atomic E-state index is 0. The van der Waals surface area contributed by atoms with Gasteiger partial charge in [-0.2, -0.15) is 5.10 Å². The first kappa shape index (κ1) is 29.1. The molecule has 0 saturated heterocycles. The zero-order chi connectivity index (χ0) is 22.6. The Hall–Kier alpha value is -3.09. The molecule has 0 aliphatic heterocycles. The van der Waals surface area contributed by atoms with Crippen molar-refractivity contribution in [3.8, 4) is 23.0 Å². The zero-order valence-electron chi connectivity index (χ0n) is 15.9. The number of aliphatic carboxylic acids is 2. The van der Waals surface area contributed by atoms with E-state index in [2.05, 4.69) is 10.5 Å². The molecule has 0 saturated carbocycles. The fourth-order valence-corrected chi connectivity index (χ4v) is 1.55. The predicted molar refractivity (Wildman–Crippen MR) is 93.7 cm³/mol. The molecule has 0 heterocycles. The molecule has 0 spiro atoms. The molecule has 12 heteroatoms. The van der Waals surface area contributed by atoms with Gasteiger partial charge in [0.25, 0.3) is 5.91 Å². The number of rotatable bonds is 3. The molecule has 2 aromatic carbocycles. The Morgan fingerprint density at radius 2 is 1.37 bits per heavy atom. The maximum absolute atomic E-state index is 11.7. The number of aromatic hydroxyl groups is 3. The maximum Gasteiger partial charge on any atom is 3.00 e. The molecule has 4 N–H and O–H groups in total. The first-order valence-corrected chi connectivity index (χ1v) is 7.65. The first-order valence-electron chi connectivity index (χ1n) is 7.65. The van der Waals surface area contributed by atoms with Gasteiger partial charge in [0.05, 0.1) is 6.21 Å². The third kappa shape index (κ3) is 12.4. The van der Waals surface area contributed by atoms with Crippen molar-refractivity contribution in [2.24, 2.45) is 5.10 Å². The number of carbonyl (C=O) groups is 3. The van der Waals surface area contributed by atoms with Crippen LogP contribution in [0.3, 0.4) is 0 Å². The van der Waals surface area contributed by atoms with Crippen LogP contribution >= 0.6 is 0 Å². The summed E-state index contributed by atoms with van der Waals surface area (Å²) in [6.45, 7) is 1.94. The average molecular weight is 544 g/mol. The Kier molecular flexibility index (Phi) is 14.4. The van der Waals surface area contributed by atoms with Gasteiger partial charge in [0.2, 0.25) is 0 Å². The number of carboxylic acid groups (broad SMARTS) is 2. The van der Waals surface area contributed by atoms with Gasteiger partial charge in [-0.1, -0.05) is 12.1 Å².